The number of hydrogen-bond acceptors (Lipinski definition) is 8. The van der Waals surface area contributed by atoms with Crippen LogP contribution in [0.4, 0.5) is 22.7 Å². The normalized spacial score (nSPS) is 9.45. The number of rotatable bonds is 2. The first kappa shape index (κ1) is 16.5. The zero-order valence-electron chi connectivity index (χ0n) is 11.0. The Bertz CT molecular complexity index is 719. The average molecular weight is 308 g/mol. The number of nitro groups is 2. The van der Waals surface area contributed by atoms with Crippen LogP contribution in [0.1, 0.15) is 0 Å². The summed E-state index contributed by atoms with van der Waals surface area (Å²) in [6, 6.07) is 7.11. The third-order valence-corrected chi connectivity index (χ3v) is 2.44. The highest BCUT2D eigenvalue weighted by atomic mass is 16.6. The van der Waals surface area contributed by atoms with Gasteiger partial charge in [0.25, 0.3) is 11.4 Å². The topological polar surface area (TPSA) is 179 Å². The number of aromatic hydroxyl groups is 2. The van der Waals surface area contributed by atoms with Crippen molar-refractivity contribution < 1.29 is 20.1 Å². The molecule has 0 aliphatic rings. The van der Waals surface area contributed by atoms with Crippen LogP contribution in [-0.4, -0.2) is 20.1 Å². The van der Waals surface area contributed by atoms with E-state index in [1.165, 1.54) is 24.3 Å². The minimum Gasteiger partial charge on any atom is -0.508 e. The second-order valence-electron chi connectivity index (χ2n) is 4.00. The van der Waals surface area contributed by atoms with Gasteiger partial charge in [-0.2, -0.15) is 0 Å². The molecule has 0 saturated heterocycles. The highest BCUT2D eigenvalue weighted by Gasteiger charge is 2.10. The molecule has 0 aromatic heterocycles. The maximum absolute atomic E-state index is 10.2. The minimum absolute atomic E-state index is 0.0489. The third kappa shape index (κ3) is 4.23. The molecule has 0 saturated carbocycles. The van der Waals surface area contributed by atoms with Crippen molar-refractivity contribution in [2.75, 3.05) is 11.5 Å². The molecule has 0 radical (unpaired) electrons. The molecule has 116 valence electrons. The lowest BCUT2D eigenvalue weighted by Crippen LogP contribution is -1.94. The first-order valence-corrected chi connectivity index (χ1v) is 5.68. The van der Waals surface area contributed by atoms with Gasteiger partial charge in [-0.15, -0.1) is 0 Å². The van der Waals surface area contributed by atoms with Gasteiger partial charge in [-0.05, 0) is 18.2 Å². The van der Waals surface area contributed by atoms with Crippen LogP contribution in [0.15, 0.2) is 36.4 Å². The predicted molar refractivity (Wildman–Crippen MR) is 78.3 cm³/mol. The summed E-state index contributed by atoms with van der Waals surface area (Å²) in [5.74, 6) is -0.426. The number of nitrogens with two attached hydrogens (primary N) is 2. The molecule has 0 amide bonds. The van der Waals surface area contributed by atoms with Crippen LogP contribution < -0.4 is 11.5 Å². The first-order chi connectivity index (χ1) is 10.2. The van der Waals surface area contributed by atoms with Gasteiger partial charge in [-0.1, -0.05) is 0 Å². The number of nitrogen functional groups attached to an aromatic ring is 2. The lowest BCUT2D eigenvalue weighted by molar-refractivity contribution is -0.384. The molecule has 6 N–H and O–H groups in total. The van der Waals surface area contributed by atoms with Crippen molar-refractivity contribution in [1.82, 2.24) is 0 Å². The molecule has 10 heteroatoms. The molecular weight excluding hydrogens is 296 g/mol. The predicted octanol–water partition coefficient (Wildman–Crippen LogP) is 1.77. The Morgan fingerprint density at radius 2 is 1.45 bits per heavy atom. The van der Waals surface area contributed by atoms with E-state index in [1.54, 1.807) is 0 Å². The number of anilines is 2. The number of benzene rings is 2. The fourth-order valence-corrected chi connectivity index (χ4v) is 1.34. The number of phenols is 2. The lowest BCUT2D eigenvalue weighted by atomic mass is 10.2. The number of phenolic OH excluding ortho intramolecular Hbond substituents is 2. The van der Waals surface area contributed by atoms with E-state index in [9.17, 15) is 20.2 Å². The SMILES string of the molecule is Nc1ccc(O)cc1[N+](=O)[O-].Nc1ccc([N+](=O)[O-])cc1O. The van der Waals surface area contributed by atoms with E-state index in [-0.39, 0.29) is 34.2 Å². The molecular formula is C12H12N4O6. The summed E-state index contributed by atoms with van der Waals surface area (Å²) >= 11 is 0. The van der Waals surface area contributed by atoms with Crippen LogP contribution in [0.5, 0.6) is 11.5 Å². The Kier molecular flexibility index (Phi) is 5.06. The molecule has 0 aliphatic carbocycles. The summed E-state index contributed by atoms with van der Waals surface area (Å²) in [5, 5.41) is 38.1. The van der Waals surface area contributed by atoms with Crippen molar-refractivity contribution in [3.8, 4) is 11.5 Å². The summed E-state index contributed by atoms with van der Waals surface area (Å²) in [5.41, 5.74) is 10.2. The van der Waals surface area contributed by atoms with Gasteiger partial charge in [0.1, 0.15) is 17.2 Å². The van der Waals surface area contributed by atoms with Crippen LogP contribution in [0.3, 0.4) is 0 Å². The Hall–Kier alpha value is -3.56. The molecule has 0 spiro atoms. The number of non-ortho nitro benzene ring substituents is 1. The molecule has 2 aromatic carbocycles. The summed E-state index contributed by atoms with van der Waals surface area (Å²) in [7, 11) is 0. The van der Waals surface area contributed by atoms with Crippen LogP contribution in [-0.2, 0) is 0 Å². The summed E-state index contributed by atoms with van der Waals surface area (Å²) in [4.78, 5) is 19.1. The second-order valence-corrected chi connectivity index (χ2v) is 4.00. The summed E-state index contributed by atoms with van der Waals surface area (Å²) in [6.07, 6.45) is 0. The Morgan fingerprint density at radius 1 is 0.864 bits per heavy atom. The zero-order valence-corrected chi connectivity index (χ0v) is 11.0. The molecule has 22 heavy (non-hydrogen) atoms. The number of nitrogens with zero attached hydrogens (tertiary/aromatic N) is 2. The van der Waals surface area contributed by atoms with E-state index >= 15 is 0 Å². The van der Waals surface area contributed by atoms with E-state index in [4.69, 9.17) is 21.7 Å². The van der Waals surface area contributed by atoms with E-state index < -0.39 is 9.85 Å². The molecule has 0 fully saturated rings. The van der Waals surface area contributed by atoms with Gasteiger partial charge in [0, 0.05) is 6.07 Å². The van der Waals surface area contributed by atoms with E-state index in [0.717, 1.165) is 12.1 Å². The first-order valence-electron chi connectivity index (χ1n) is 5.68. The fourth-order valence-electron chi connectivity index (χ4n) is 1.34. The highest BCUT2D eigenvalue weighted by molar-refractivity contribution is 5.60. The highest BCUT2D eigenvalue weighted by Crippen LogP contribution is 2.25. The third-order valence-electron chi connectivity index (χ3n) is 2.44. The van der Waals surface area contributed by atoms with E-state index in [1.807, 2.05) is 0 Å². The molecule has 0 bridgehead atoms. The second kappa shape index (κ2) is 6.74. The average Bonchev–Trinajstić information content (AvgIpc) is 2.44. The summed E-state index contributed by atoms with van der Waals surface area (Å²) < 4.78 is 0. The number of hydrogen-bond donors (Lipinski definition) is 4. The monoisotopic (exact) mass is 308 g/mol. The Morgan fingerprint density at radius 3 is 1.91 bits per heavy atom. The van der Waals surface area contributed by atoms with Gasteiger partial charge in [-0.3, -0.25) is 20.2 Å². The van der Waals surface area contributed by atoms with Crippen molar-refractivity contribution in [2.45, 2.75) is 0 Å². The van der Waals surface area contributed by atoms with Crippen molar-refractivity contribution in [1.29, 1.82) is 0 Å². The van der Waals surface area contributed by atoms with Gasteiger partial charge in [0.15, 0.2) is 0 Å². The van der Waals surface area contributed by atoms with Gasteiger partial charge in [0.2, 0.25) is 0 Å². The van der Waals surface area contributed by atoms with E-state index in [2.05, 4.69) is 0 Å². The maximum atomic E-state index is 10.2. The zero-order chi connectivity index (χ0) is 16.9. The van der Waals surface area contributed by atoms with Gasteiger partial charge < -0.3 is 21.7 Å². The smallest absolute Gasteiger partial charge is 0.295 e. The fraction of sp³-hybridized carbons (Fsp3) is 0. The van der Waals surface area contributed by atoms with Crippen molar-refractivity contribution in [3.05, 3.63) is 56.6 Å². The van der Waals surface area contributed by atoms with Crippen molar-refractivity contribution in [2.24, 2.45) is 0 Å². The molecule has 10 nitrogen and oxygen atoms in total. The standard InChI is InChI=1S/2C6H6N2O3/c7-5-2-1-4(9)3-6(5)8(10)11;7-5-2-1-4(8(10)11)3-6(5)9/h2*1-3,9H,7H2. The molecule has 0 aliphatic heterocycles. The van der Waals surface area contributed by atoms with Gasteiger partial charge >= 0.3 is 0 Å². The van der Waals surface area contributed by atoms with Crippen LogP contribution in [0.2, 0.25) is 0 Å². The largest absolute Gasteiger partial charge is 0.508 e. The van der Waals surface area contributed by atoms with Gasteiger partial charge in [-0.25, -0.2) is 0 Å². The quantitative estimate of drug-likeness (QED) is 0.213. The van der Waals surface area contributed by atoms with Crippen LogP contribution in [0, 0.1) is 20.2 Å². The minimum atomic E-state index is -0.644. The lowest BCUT2D eigenvalue weighted by Gasteiger charge is -1.95. The van der Waals surface area contributed by atoms with Crippen molar-refractivity contribution in [3.63, 3.8) is 0 Å². The molecule has 2 rings (SSSR count). The summed E-state index contributed by atoms with van der Waals surface area (Å²) in [6.45, 7) is 0. The maximum Gasteiger partial charge on any atom is 0.295 e. The van der Waals surface area contributed by atoms with Gasteiger partial charge in [0.05, 0.1) is 27.7 Å². The molecule has 0 unspecified atom stereocenters. The molecule has 0 heterocycles. The Balaban J connectivity index is 0.000000220. The van der Waals surface area contributed by atoms with Crippen LogP contribution >= 0.6 is 0 Å². The van der Waals surface area contributed by atoms with Crippen molar-refractivity contribution >= 4 is 22.7 Å². The van der Waals surface area contributed by atoms with Crippen LogP contribution in [0.25, 0.3) is 0 Å². The number of nitro benzene ring substituents is 2. The Labute approximate surface area is 123 Å². The molecule has 2 aromatic rings. The molecule has 0 atom stereocenters. The van der Waals surface area contributed by atoms with E-state index in [0.29, 0.717) is 0 Å².